The molecule has 0 aromatic carbocycles. The third-order valence-corrected chi connectivity index (χ3v) is 3.90. The lowest BCUT2D eigenvalue weighted by atomic mass is 9.65. The van der Waals surface area contributed by atoms with E-state index in [2.05, 4.69) is 13.8 Å². The normalized spacial score (nSPS) is 52.8. The van der Waals surface area contributed by atoms with Crippen LogP contribution in [0.25, 0.3) is 0 Å². The Balaban J connectivity index is 2.16. The van der Waals surface area contributed by atoms with Crippen LogP contribution in [-0.2, 0) is 0 Å². The molecule has 0 radical (unpaired) electrons. The lowest BCUT2D eigenvalue weighted by Crippen LogP contribution is -2.33. The zero-order valence-corrected chi connectivity index (χ0v) is 8.20. The van der Waals surface area contributed by atoms with Crippen LogP contribution in [-0.4, -0.2) is 6.67 Å². The Morgan fingerprint density at radius 1 is 1.33 bits per heavy atom. The van der Waals surface area contributed by atoms with Crippen molar-refractivity contribution in [2.75, 3.05) is 6.67 Å². The zero-order valence-electron chi connectivity index (χ0n) is 8.20. The van der Waals surface area contributed by atoms with Crippen LogP contribution in [0.3, 0.4) is 0 Å². The van der Waals surface area contributed by atoms with Crippen LogP contribution < -0.4 is 0 Å². The van der Waals surface area contributed by atoms with Crippen molar-refractivity contribution < 1.29 is 4.39 Å². The summed E-state index contributed by atoms with van der Waals surface area (Å²) in [5.41, 5.74) is 0.512. The highest BCUT2D eigenvalue weighted by atomic mass is 19.1. The van der Waals surface area contributed by atoms with E-state index in [9.17, 15) is 4.39 Å². The topological polar surface area (TPSA) is 0 Å². The molecule has 0 heterocycles. The highest BCUT2D eigenvalue weighted by Gasteiger charge is 2.47. The van der Waals surface area contributed by atoms with Gasteiger partial charge in [0.15, 0.2) is 0 Å². The molecular formula is C11H19F. The predicted octanol–water partition coefficient (Wildman–Crippen LogP) is 3.56. The summed E-state index contributed by atoms with van der Waals surface area (Å²) in [5, 5.41) is 0. The van der Waals surface area contributed by atoms with Gasteiger partial charge >= 0.3 is 0 Å². The molecule has 0 nitrogen and oxygen atoms in total. The molecule has 0 saturated heterocycles. The first-order chi connectivity index (χ1) is 5.55. The SMILES string of the molecule is CC1(CF)CC2CCC(C)(C2)C1. The second kappa shape index (κ2) is 2.46. The van der Waals surface area contributed by atoms with Crippen LogP contribution in [0.5, 0.6) is 0 Å². The summed E-state index contributed by atoms with van der Waals surface area (Å²) >= 11 is 0. The quantitative estimate of drug-likeness (QED) is 0.564. The van der Waals surface area contributed by atoms with E-state index in [1.54, 1.807) is 0 Å². The highest BCUT2D eigenvalue weighted by molar-refractivity contribution is 4.98. The van der Waals surface area contributed by atoms with Gasteiger partial charge in [-0.25, -0.2) is 0 Å². The lowest BCUT2D eigenvalue weighted by Gasteiger charge is -2.41. The van der Waals surface area contributed by atoms with Crippen molar-refractivity contribution in [1.29, 1.82) is 0 Å². The highest BCUT2D eigenvalue weighted by Crippen LogP contribution is 2.57. The molecule has 2 bridgehead atoms. The Morgan fingerprint density at radius 2 is 2.08 bits per heavy atom. The minimum atomic E-state index is -0.112. The third-order valence-electron chi connectivity index (χ3n) is 3.90. The van der Waals surface area contributed by atoms with E-state index in [-0.39, 0.29) is 12.1 Å². The molecule has 0 spiro atoms. The van der Waals surface area contributed by atoms with E-state index in [1.807, 2.05) is 0 Å². The molecule has 0 N–H and O–H groups in total. The number of rotatable bonds is 1. The van der Waals surface area contributed by atoms with Crippen molar-refractivity contribution in [3.8, 4) is 0 Å². The van der Waals surface area contributed by atoms with Gasteiger partial charge in [0.25, 0.3) is 0 Å². The molecule has 0 aliphatic heterocycles. The maximum absolute atomic E-state index is 12.8. The summed E-state index contributed by atoms with van der Waals surface area (Å²) in [6.45, 7) is 4.36. The molecule has 12 heavy (non-hydrogen) atoms. The van der Waals surface area contributed by atoms with Crippen molar-refractivity contribution in [1.82, 2.24) is 0 Å². The molecule has 2 fully saturated rings. The van der Waals surface area contributed by atoms with E-state index < -0.39 is 0 Å². The van der Waals surface area contributed by atoms with Gasteiger partial charge in [-0.3, -0.25) is 4.39 Å². The fourth-order valence-electron chi connectivity index (χ4n) is 3.69. The zero-order chi connectivity index (χ0) is 8.82. The molecule has 2 aliphatic rings. The first kappa shape index (κ1) is 8.52. The lowest BCUT2D eigenvalue weighted by molar-refractivity contribution is 0.0665. The number of halogens is 1. The van der Waals surface area contributed by atoms with Crippen LogP contribution in [0, 0.1) is 16.7 Å². The Morgan fingerprint density at radius 3 is 2.67 bits per heavy atom. The first-order valence-corrected chi connectivity index (χ1v) is 5.11. The van der Waals surface area contributed by atoms with E-state index >= 15 is 0 Å². The minimum Gasteiger partial charge on any atom is -0.251 e. The van der Waals surface area contributed by atoms with E-state index in [0.717, 1.165) is 18.8 Å². The summed E-state index contributed by atoms with van der Waals surface area (Å²) < 4.78 is 12.8. The molecule has 2 rings (SSSR count). The molecule has 3 atom stereocenters. The Kier molecular flexibility index (Phi) is 1.75. The number of fused-ring (bicyclic) bond motifs is 2. The van der Waals surface area contributed by atoms with Crippen LogP contribution in [0.1, 0.15) is 46.0 Å². The molecule has 2 aliphatic carbocycles. The molecule has 0 amide bonds. The van der Waals surface area contributed by atoms with Gasteiger partial charge in [-0.1, -0.05) is 13.8 Å². The van der Waals surface area contributed by atoms with Crippen molar-refractivity contribution in [3.63, 3.8) is 0 Å². The Hall–Kier alpha value is -0.0700. The number of hydrogen-bond donors (Lipinski definition) is 0. The van der Waals surface area contributed by atoms with E-state index in [1.165, 1.54) is 19.3 Å². The van der Waals surface area contributed by atoms with Gasteiger partial charge < -0.3 is 0 Å². The Bertz CT molecular complexity index is 189. The van der Waals surface area contributed by atoms with Gasteiger partial charge in [0.2, 0.25) is 0 Å². The van der Waals surface area contributed by atoms with Crippen LogP contribution >= 0.6 is 0 Å². The molecule has 2 saturated carbocycles. The maximum atomic E-state index is 12.8. The van der Waals surface area contributed by atoms with Crippen molar-refractivity contribution in [2.45, 2.75) is 46.0 Å². The predicted molar refractivity (Wildman–Crippen MR) is 48.8 cm³/mol. The van der Waals surface area contributed by atoms with Crippen LogP contribution in [0.2, 0.25) is 0 Å². The van der Waals surface area contributed by atoms with Crippen LogP contribution in [0.15, 0.2) is 0 Å². The van der Waals surface area contributed by atoms with Gasteiger partial charge in [-0.15, -0.1) is 0 Å². The summed E-state index contributed by atoms with van der Waals surface area (Å²) in [6, 6.07) is 0. The van der Waals surface area contributed by atoms with Crippen molar-refractivity contribution in [3.05, 3.63) is 0 Å². The molecule has 0 aromatic rings. The van der Waals surface area contributed by atoms with Crippen molar-refractivity contribution in [2.24, 2.45) is 16.7 Å². The average molecular weight is 170 g/mol. The number of alkyl halides is 1. The fraction of sp³-hybridized carbons (Fsp3) is 1.00. The molecular weight excluding hydrogens is 151 g/mol. The van der Waals surface area contributed by atoms with Gasteiger partial charge in [0, 0.05) is 0 Å². The summed E-state index contributed by atoms with van der Waals surface area (Å²) in [4.78, 5) is 0. The fourth-order valence-corrected chi connectivity index (χ4v) is 3.69. The summed E-state index contributed by atoms with van der Waals surface area (Å²) in [7, 11) is 0. The van der Waals surface area contributed by atoms with Crippen molar-refractivity contribution >= 4 is 0 Å². The first-order valence-electron chi connectivity index (χ1n) is 5.11. The molecule has 0 aromatic heterocycles. The summed E-state index contributed by atoms with van der Waals surface area (Å²) in [5.74, 6) is 0.837. The average Bonchev–Trinajstić information content (AvgIpc) is 2.26. The standard InChI is InChI=1S/C11H19F/c1-10-4-3-9(5-10)6-11(2,7-10)8-12/h9H,3-8H2,1-2H3. The molecule has 3 unspecified atom stereocenters. The minimum absolute atomic E-state index is 0.0220. The third kappa shape index (κ3) is 1.27. The van der Waals surface area contributed by atoms with E-state index in [0.29, 0.717) is 5.41 Å². The van der Waals surface area contributed by atoms with E-state index in [4.69, 9.17) is 0 Å². The largest absolute Gasteiger partial charge is 0.251 e. The van der Waals surface area contributed by atoms with Gasteiger partial charge in [0.05, 0.1) is 6.67 Å². The Labute approximate surface area is 74.5 Å². The van der Waals surface area contributed by atoms with Gasteiger partial charge in [-0.05, 0) is 48.9 Å². The van der Waals surface area contributed by atoms with Gasteiger partial charge in [0.1, 0.15) is 0 Å². The monoisotopic (exact) mass is 170 g/mol. The molecule has 1 heteroatoms. The number of hydrogen-bond acceptors (Lipinski definition) is 0. The smallest absolute Gasteiger partial charge is 0.0948 e. The van der Waals surface area contributed by atoms with Gasteiger partial charge in [-0.2, -0.15) is 0 Å². The molecule has 70 valence electrons. The second-order valence-electron chi connectivity index (χ2n) is 5.74. The summed E-state index contributed by atoms with van der Waals surface area (Å²) in [6.07, 6.45) is 6.31. The maximum Gasteiger partial charge on any atom is 0.0948 e. The second-order valence-corrected chi connectivity index (χ2v) is 5.74. The van der Waals surface area contributed by atoms with Crippen LogP contribution in [0.4, 0.5) is 4.39 Å².